The molecule has 0 aliphatic rings. The van der Waals surface area contributed by atoms with E-state index in [1.54, 1.807) is 17.7 Å². The van der Waals surface area contributed by atoms with Crippen LogP contribution in [-0.2, 0) is 6.54 Å². The molecule has 2 aromatic rings. The number of hydrogen-bond donors (Lipinski definition) is 2. The molecule has 2 aromatic heterocycles. The first-order chi connectivity index (χ1) is 6.36. The minimum Gasteiger partial charge on any atom is -0.379 e. The van der Waals surface area contributed by atoms with Crippen LogP contribution in [0.3, 0.4) is 0 Å². The normalized spacial score (nSPS) is 10.2. The van der Waals surface area contributed by atoms with Gasteiger partial charge in [0, 0.05) is 17.3 Å². The van der Waals surface area contributed by atoms with Crippen molar-refractivity contribution in [2.24, 2.45) is 0 Å². The summed E-state index contributed by atoms with van der Waals surface area (Å²) in [4.78, 5) is 7.00. The lowest BCUT2D eigenvalue weighted by Gasteiger charge is -2.02. The molecule has 0 saturated carbocycles. The van der Waals surface area contributed by atoms with Gasteiger partial charge in [-0.2, -0.15) is 0 Å². The van der Waals surface area contributed by atoms with Crippen molar-refractivity contribution < 1.29 is 0 Å². The van der Waals surface area contributed by atoms with Crippen molar-refractivity contribution in [3.8, 4) is 0 Å². The van der Waals surface area contributed by atoms with Crippen LogP contribution in [0.2, 0.25) is 0 Å². The van der Waals surface area contributed by atoms with Gasteiger partial charge in [-0.05, 0) is 17.9 Å². The molecule has 13 heavy (non-hydrogen) atoms. The van der Waals surface area contributed by atoms with Crippen LogP contribution in [0.5, 0.6) is 0 Å². The van der Waals surface area contributed by atoms with Gasteiger partial charge >= 0.3 is 0 Å². The Bertz CT molecular complexity index is 364. The molecule has 0 bridgehead atoms. The molecule has 4 heteroatoms. The Balaban J connectivity index is 1.97. The summed E-state index contributed by atoms with van der Waals surface area (Å²) in [7, 11) is 0. The van der Waals surface area contributed by atoms with Gasteiger partial charge in [-0.15, -0.1) is 11.3 Å². The second-order valence-electron chi connectivity index (χ2n) is 2.90. The second kappa shape index (κ2) is 3.62. The number of aromatic amines is 1. The van der Waals surface area contributed by atoms with Crippen molar-refractivity contribution in [1.82, 2.24) is 9.97 Å². The Hall–Kier alpha value is -1.29. The quantitative estimate of drug-likeness (QED) is 0.785. The molecule has 0 unspecified atom stereocenters. The lowest BCUT2D eigenvalue weighted by Crippen LogP contribution is -1.99. The first-order valence-corrected chi connectivity index (χ1v) is 5.04. The predicted octanol–water partition coefficient (Wildman–Crippen LogP) is 2.39. The third-order valence-corrected chi connectivity index (χ3v) is 2.74. The smallest absolute Gasteiger partial charge is 0.0922 e. The highest BCUT2D eigenvalue weighted by molar-refractivity contribution is 7.08. The van der Waals surface area contributed by atoms with Crippen molar-refractivity contribution in [2.75, 3.05) is 5.32 Å². The van der Waals surface area contributed by atoms with Crippen LogP contribution < -0.4 is 5.32 Å². The number of imidazole rings is 1. The number of aromatic nitrogens is 2. The number of hydrogen-bond acceptors (Lipinski definition) is 3. The van der Waals surface area contributed by atoms with E-state index in [0.717, 1.165) is 12.2 Å². The molecule has 0 aromatic carbocycles. The summed E-state index contributed by atoms with van der Waals surface area (Å²) in [6.45, 7) is 2.91. The number of nitrogens with zero attached hydrogens (tertiary/aromatic N) is 1. The lowest BCUT2D eigenvalue weighted by atomic mass is 10.3. The molecule has 0 spiro atoms. The molecule has 68 valence electrons. The van der Waals surface area contributed by atoms with Gasteiger partial charge in [0.05, 0.1) is 18.6 Å². The lowest BCUT2D eigenvalue weighted by molar-refractivity contribution is 1.07. The van der Waals surface area contributed by atoms with Crippen molar-refractivity contribution in [1.29, 1.82) is 0 Å². The monoisotopic (exact) mass is 193 g/mol. The molecule has 2 N–H and O–H groups in total. The molecule has 0 aliphatic carbocycles. The number of rotatable bonds is 3. The van der Waals surface area contributed by atoms with Gasteiger partial charge in [-0.1, -0.05) is 0 Å². The van der Waals surface area contributed by atoms with Gasteiger partial charge in [0.15, 0.2) is 0 Å². The Kier molecular flexibility index (Phi) is 2.31. The summed E-state index contributed by atoms with van der Waals surface area (Å²) in [5.41, 5.74) is 3.61. The van der Waals surface area contributed by atoms with Crippen LogP contribution in [0.15, 0.2) is 23.3 Å². The van der Waals surface area contributed by atoms with Crippen molar-refractivity contribution in [3.63, 3.8) is 0 Å². The van der Waals surface area contributed by atoms with Gasteiger partial charge in [0.25, 0.3) is 0 Å². The second-order valence-corrected chi connectivity index (χ2v) is 3.64. The SMILES string of the molecule is Cc1cscc1NCc1cnc[nH]1. The minimum absolute atomic E-state index is 0.803. The van der Waals surface area contributed by atoms with E-state index in [-0.39, 0.29) is 0 Å². The van der Waals surface area contributed by atoms with Gasteiger partial charge in [0.1, 0.15) is 0 Å². The number of H-pyrrole nitrogens is 1. The zero-order chi connectivity index (χ0) is 9.10. The summed E-state index contributed by atoms with van der Waals surface area (Å²) < 4.78 is 0. The first kappa shape index (κ1) is 8.31. The van der Waals surface area contributed by atoms with Gasteiger partial charge in [-0.3, -0.25) is 0 Å². The Morgan fingerprint density at radius 3 is 3.08 bits per heavy atom. The molecule has 0 aliphatic heterocycles. The van der Waals surface area contributed by atoms with Crippen LogP contribution in [0.1, 0.15) is 11.3 Å². The van der Waals surface area contributed by atoms with Gasteiger partial charge < -0.3 is 10.3 Å². The highest BCUT2D eigenvalue weighted by Crippen LogP contribution is 2.19. The number of thiophene rings is 1. The number of nitrogens with one attached hydrogen (secondary N) is 2. The van der Waals surface area contributed by atoms with Gasteiger partial charge in [0.2, 0.25) is 0 Å². The zero-order valence-electron chi connectivity index (χ0n) is 7.37. The number of aryl methyl sites for hydroxylation is 1. The molecule has 3 nitrogen and oxygen atoms in total. The molecule has 0 atom stereocenters. The average Bonchev–Trinajstić information content (AvgIpc) is 2.72. The van der Waals surface area contributed by atoms with E-state index >= 15 is 0 Å². The maximum atomic E-state index is 3.95. The molecule has 2 heterocycles. The fourth-order valence-electron chi connectivity index (χ4n) is 1.11. The largest absolute Gasteiger partial charge is 0.379 e. The van der Waals surface area contributed by atoms with E-state index in [1.807, 2.05) is 6.20 Å². The zero-order valence-corrected chi connectivity index (χ0v) is 8.19. The average molecular weight is 193 g/mol. The fraction of sp³-hybridized carbons (Fsp3) is 0.222. The van der Waals surface area contributed by atoms with Crippen LogP contribution >= 0.6 is 11.3 Å². The summed E-state index contributed by atoms with van der Waals surface area (Å²) in [5, 5.41) is 7.59. The molecule has 2 rings (SSSR count). The van der Waals surface area contributed by atoms with Gasteiger partial charge in [-0.25, -0.2) is 4.98 Å². The highest BCUT2D eigenvalue weighted by Gasteiger charge is 1.98. The Morgan fingerprint density at radius 2 is 2.46 bits per heavy atom. The molecule has 0 amide bonds. The topological polar surface area (TPSA) is 40.7 Å². The maximum absolute atomic E-state index is 3.95. The first-order valence-electron chi connectivity index (χ1n) is 4.10. The third-order valence-electron chi connectivity index (χ3n) is 1.88. The maximum Gasteiger partial charge on any atom is 0.0922 e. The van der Waals surface area contributed by atoms with E-state index in [4.69, 9.17) is 0 Å². The predicted molar refractivity (Wildman–Crippen MR) is 55.0 cm³/mol. The summed E-state index contributed by atoms with van der Waals surface area (Å²) in [6.07, 6.45) is 3.52. The summed E-state index contributed by atoms with van der Waals surface area (Å²) >= 11 is 1.72. The molecular weight excluding hydrogens is 182 g/mol. The van der Waals surface area contributed by atoms with E-state index in [9.17, 15) is 0 Å². The summed E-state index contributed by atoms with van der Waals surface area (Å²) in [5.74, 6) is 0. The van der Waals surface area contributed by atoms with Crippen molar-refractivity contribution >= 4 is 17.0 Å². The molecule has 0 fully saturated rings. The standard InChI is InChI=1S/C9H11N3S/c1-7-4-13-5-9(7)11-3-8-2-10-6-12-8/h2,4-6,11H,3H2,1H3,(H,10,12). The highest BCUT2D eigenvalue weighted by atomic mass is 32.1. The van der Waals surface area contributed by atoms with Crippen LogP contribution in [0.4, 0.5) is 5.69 Å². The van der Waals surface area contributed by atoms with E-state index in [0.29, 0.717) is 0 Å². The minimum atomic E-state index is 0.803. The summed E-state index contributed by atoms with van der Waals surface area (Å²) in [6, 6.07) is 0. The molecule has 0 radical (unpaired) electrons. The Labute approximate surface area is 80.8 Å². The molecule has 0 saturated heterocycles. The van der Waals surface area contributed by atoms with Crippen LogP contribution in [-0.4, -0.2) is 9.97 Å². The van der Waals surface area contributed by atoms with Crippen molar-refractivity contribution in [2.45, 2.75) is 13.5 Å². The Morgan fingerprint density at radius 1 is 1.54 bits per heavy atom. The van der Waals surface area contributed by atoms with E-state index < -0.39 is 0 Å². The third kappa shape index (κ3) is 1.89. The van der Waals surface area contributed by atoms with Crippen LogP contribution in [0, 0.1) is 6.92 Å². The van der Waals surface area contributed by atoms with E-state index in [1.165, 1.54) is 11.3 Å². The van der Waals surface area contributed by atoms with Crippen molar-refractivity contribution in [3.05, 3.63) is 34.5 Å². The number of anilines is 1. The molecular formula is C9H11N3S. The fourth-order valence-corrected chi connectivity index (χ4v) is 1.92. The van der Waals surface area contributed by atoms with E-state index in [2.05, 4.69) is 33.0 Å². The van der Waals surface area contributed by atoms with Crippen LogP contribution in [0.25, 0.3) is 0 Å².